The predicted molar refractivity (Wildman–Crippen MR) is 92.2 cm³/mol. The number of rotatable bonds is 6. The molecule has 1 nitrogen and oxygen atoms in total. The number of nitrogens with one attached hydrogen (secondary N) is 1. The van der Waals surface area contributed by atoms with E-state index in [4.69, 9.17) is 11.6 Å². The van der Waals surface area contributed by atoms with Crippen LogP contribution < -0.4 is 5.32 Å². The number of hydrogen-bond donors (Lipinski definition) is 1. The van der Waals surface area contributed by atoms with Gasteiger partial charge in [-0.25, -0.2) is 0 Å². The highest BCUT2D eigenvalue weighted by atomic mass is 35.5. The van der Waals surface area contributed by atoms with Gasteiger partial charge in [0.2, 0.25) is 0 Å². The third-order valence-electron chi connectivity index (χ3n) is 4.32. The summed E-state index contributed by atoms with van der Waals surface area (Å²) < 4.78 is 0. The third-order valence-corrected chi connectivity index (χ3v) is 4.67. The average Bonchev–Trinajstić information content (AvgIpc) is 2.50. The molecule has 0 saturated carbocycles. The van der Waals surface area contributed by atoms with E-state index in [9.17, 15) is 0 Å². The Balaban J connectivity index is 2.41. The van der Waals surface area contributed by atoms with Crippen molar-refractivity contribution >= 4 is 11.6 Å². The molecule has 0 aliphatic rings. The molecule has 1 unspecified atom stereocenters. The van der Waals surface area contributed by atoms with Gasteiger partial charge in [-0.2, -0.15) is 0 Å². The lowest BCUT2D eigenvalue weighted by molar-refractivity contribution is 0.391. The molecule has 112 valence electrons. The van der Waals surface area contributed by atoms with Crippen LogP contribution in [0, 0.1) is 6.92 Å². The highest BCUT2D eigenvalue weighted by Gasteiger charge is 2.30. The van der Waals surface area contributed by atoms with E-state index >= 15 is 0 Å². The molecule has 0 saturated heterocycles. The van der Waals surface area contributed by atoms with Crippen LogP contribution in [0.2, 0.25) is 5.02 Å². The van der Waals surface area contributed by atoms with Crippen LogP contribution in [0.25, 0.3) is 0 Å². The second-order valence-electron chi connectivity index (χ2n) is 5.80. The minimum atomic E-state index is 0.0783. The number of halogens is 1. The number of benzene rings is 2. The minimum absolute atomic E-state index is 0.0783. The zero-order chi connectivity index (χ0) is 15.3. The summed E-state index contributed by atoms with van der Waals surface area (Å²) in [5.74, 6) is 0. The Labute approximate surface area is 133 Å². The van der Waals surface area contributed by atoms with E-state index in [-0.39, 0.29) is 5.41 Å². The van der Waals surface area contributed by atoms with Crippen LogP contribution in [0.3, 0.4) is 0 Å². The molecule has 0 bridgehead atoms. The maximum absolute atomic E-state index is 6.46. The first kappa shape index (κ1) is 16.1. The Bertz CT molecular complexity index is 579. The molecule has 0 aliphatic heterocycles. The largest absolute Gasteiger partial charge is 0.319 e. The molecule has 2 rings (SSSR count). The van der Waals surface area contributed by atoms with Gasteiger partial charge in [0, 0.05) is 17.0 Å². The maximum Gasteiger partial charge on any atom is 0.0440 e. The number of hydrogen-bond acceptors (Lipinski definition) is 1. The molecule has 1 N–H and O–H groups in total. The van der Waals surface area contributed by atoms with E-state index in [1.54, 1.807) is 0 Å². The van der Waals surface area contributed by atoms with Crippen molar-refractivity contribution in [3.05, 3.63) is 70.2 Å². The molecule has 0 heterocycles. The van der Waals surface area contributed by atoms with Crippen LogP contribution in [-0.2, 0) is 11.8 Å². The van der Waals surface area contributed by atoms with Crippen molar-refractivity contribution in [2.45, 2.75) is 32.1 Å². The molecule has 0 fully saturated rings. The van der Waals surface area contributed by atoms with Gasteiger partial charge in [0.05, 0.1) is 0 Å². The molecule has 0 aliphatic carbocycles. The third kappa shape index (κ3) is 3.66. The summed E-state index contributed by atoms with van der Waals surface area (Å²) in [4.78, 5) is 0. The lowest BCUT2D eigenvalue weighted by Gasteiger charge is -2.34. The lowest BCUT2D eigenvalue weighted by Crippen LogP contribution is -2.38. The van der Waals surface area contributed by atoms with Gasteiger partial charge >= 0.3 is 0 Å². The fourth-order valence-corrected chi connectivity index (χ4v) is 3.31. The van der Waals surface area contributed by atoms with Gasteiger partial charge in [-0.3, -0.25) is 0 Å². The van der Waals surface area contributed by atoms with Crippen LogP contribution in [0.5, 0.6) is 0 Å². The first-order chi connectivity index (χ1) is 10.1. The van der Waals surface area contributed by atoms with Gasteiger partial charge in [0.25, 0.3) is 0 Å². The normalized spacial score (nSPS) is 13.9. The SMILES string of the molecule is CCC(CNC)(Cc1ccc(C)cc1Cl)c1ccccc1. The van der Waals surface area contributed by atoms with Gasteiger partial charge < -0.3 is 5.32 Å². The van der Waals surface area contributed by atoms with E-state index in [2.05, 4.69) is 67.7 Å². The first-order valence-electron chi connectivity index (χ1n) is 7.56. The second kappa shape index (κ2) is 7.11. The van der Waals surface area contributed by atoms with Gasteiger partial charge in [0.15, 0.2) is 0 Å². The van der Waals surface area contributed by atoms with Crippen molar-refractivity contribution in [1.29, 1.82) is 0 Å². The lowest BCUT2D eigenvalue weighted by atomic mass is 9.73. The number of aryl methyl sites for hydroxylation is 1. The van der Waals surface area contributed by atoms with Crippen molar-refractivity contribution in [2.24, 2.45) is 0 Å². The highest BCUT2D eigenvalue weighted by molar-refractivity contribution is 6.31. The molecule has 21 heavy (non-hydrogen) atoms. The second-order valence-corrected chi connectivity index (χ2v) is 6.21. The van der Waals surface area contributed by atoms with Crippen molar-refractivity contribution in [2.75, 3.05) is 13.6 Å². The topological polar surface area (TPSA) is 12.0 Å². The average molecular weight is 302 g/mol. The quantitative estimate of drug-likeness (QED) is 0.811. The zero-order valence-corrected chi connectivity index (χ0v) is 13.9. The monoisotopic (exact) mass is 301 g/mol. The molecular weight excluding hydrogens is 278 g/mol. The molecule has 0 radical (unpaired) electrons. The van der Waals surface area contributed by atoms with Crippen LogP contribution in [-0.4, -0.2) is 13.6 Å². The molecule has 2 aromatic carbocycles. The summed E-state index contributed by atoms with van der Waals surface area (Å²) >= 11 is 6.46. The van der Waals surface area contributed by atoms with E-state index in [0.29, 0.717) is 0 Å². The minimum Gasteiger partial charge on any atom is -0.319 e. The summed E-state index contributed by atoms with van der Waals surface area (Å²) in [7, 11) is 2.02. The standard InChI is InChI=1S/C19H24ClN/c1-4-19(14-21-3,17-8-6-5-7-9-17)13-16-11-10-15(2)12-18(16)20/h5-12,21H,4,13-14H2,1-3H3. The molecule has 0 aromatic heterocycles. The van der Waals surface area contributed by atoms with E-state index in [1.165, 1.54) is 16.7 Å². The molecular formula is C19H24ClN. The summed E-state index contributed by atoms with van der Waals surface area (Å²) in [6, 6.07) is 17.1. The molecule has 0 amide bonds. The Morgan fingerprint density at radius 2 is 1.81 bits per heavy atom. The van der Waals surface area contributed by atoms with Crippen molar-refractivity contribution < 1.29 is 0 Å². The van der Waals surface area contributed by atoms with Crippen molar-refractivity contribution in [3.8, 4) is 0 Å². The Hall–Kier alpha value is -1.31. The fraction of sp³-hybridized carbons (Fsp3) is 0.368. The number of likely N-dealkylation sites (N-methyl/N-ethyl adjacent to an activating group) is 1. The summed E-state index contributed by atoms with van der Waals surface area (Å²) in [5.41, 5.74) is 3.88. The Morgan fingerprint density at radius 1 is 1.10 bits per heavy atom. The van der Waals surface area contributed by atoms with Crippen LogP contribution >= 0.6 is 11.6 Å². The first-order valence-corrected chi connectivity index (χ1v) is 7.94. The Kier molecular flexibility index (Phi) is 5.44. The molecule has 2 heteroatoms. The van der Waals surface area contributed by atoms with Crippen LogP contribution in [0.4, 0.5) is 0 Å². The predicted octanol–water partition coefficient (Wildman–Crippen LogP) is 4.76. The molecule has 1 atom stereocenters. The molecule has 2 aromatic rings. The Morgan fingerprint density at radius 3 is 2.38 bits per heavy atom. The van der Waals surface area contributed by atoms with E-state index in [1.807, 2.05) is 7.05 Å². The van der Waals surface area contributed by atoms with Crippen molar-refractivity contribution in [1.82, 2.24) is 5.32 Å². The van der Waals surface area contributed by atoms with Crippen molar-refractivity contribution in [3.63, 3.8) is 0 Å². The molecule has 0 spiro atoms. The van der Waals surface area contributed by atoms with Crippen LogP contribution in [0.1, 0.15) is 30.0 Å². The van der Waals surface area contributed by atoms with Gasteiger partial charge in [-0.05, 0) is 49.6 Å². The van der Waals surface area contributed by atoms with Gasteiger partial charge in [0.1, 0.15) is 0 Å². The van der Waals surface area contributed by atoms with E-state index < -0.39 is 0 Å². The summed E-state index contributed by atoms with van der Waals surface area (Å²) in [6.45, 7) is 5.28. The fourth-order valence-electron chi connectivity index (χ4n) is 3.01. The van der Waals surface area contributed by atoms with Gasteiger partial charge in [-0.15, -0.1) is 0 Å². The summed E-state index contributed by atoms with van der Waals surface area (Å²) in [5, 5.41) is 4.24. The smallest absolute Gasteiger partial charge is 0.0440 e. The van der Waals surface area contributed by atoms with Gasteiger partial charge in [-0.1, -0.05) is 61.0 Å². The highest BCUT2D eigenvalue weighted by Crippen LogP contribution is 2.34. The maximum atomic E-state index is 6.46. The van der Waals surface area contributed by atoms with E-state index in [0.717, 1.165) is 24.4 Å². The summed E-state index contributed by atoms with van der Waals surface area (Å²) in [6.07, 6.45) is 2.02. The zero-order valence-electron chi connectivity index (χ0n) is 13.1. The van der Waals surface area contributed by atoms with Crippen LogP contribution in [0.15, 0.2) is 48.5 Å².